The van der Waals surface area contributed by atoms with E-state index in [-0.39, 0.29) is 18.0 Å². The van der Waals surface area contributed by atoms with E-state index in [1.165, 1.54) is 6.33 Å². The Labute approximate surface area is 144 Å². The molecule has 1 atom stereocenters. The molecule has 0 spiro atoms. The van der Waals surface area contributed by atoms with E-state index >= 15 is 0 Å². The molecule has 2 saturated heterocycles. The van der Waals surface area contributed by atoms with Crippen LogP contribution >= 0.6 is 0 Å². The molecule has 132 valence electrons. The Hall–Kier alpha value is -2.71. The number of aryl methyl sites for hydroxylation is 2. The van der Waals surface area contributed by atoms with Crippen LogP contribution in [0.1, 0.15) is 23.4 Å². The summed E-state index contributed by atoms with van der Waals surface area (Å²) >= 11 is 0. The number of carbonyl (C=O) groups excluding carboxylic acids is 2. The predicted octanol–water partition coefficient (Wildman–Crippen LogP) is 0.337. The van der Waals surface area contributed by atoms with Crippen molar-refractivity contribution < 1.29 is 14.3 Å². The van der Waals surface area contributed by atoms with Crippen molar-refractivity contribution in [3.63, 3.8) is 0 Å². The number of amides is 2. The second-order valence-electron chi connectivity index (χ2n) is 6.50. The van der Waals surface area contributed by atoms with Crippen molar-refractivity contribution in [2.75, 3.05) is 26.2 Å². The molecule has 25 heavy (non-hydrogen) atoms. The van der Waals surface area contributed by atoms with E-state index in [0.717, 1.165) is 17.0 Å². The maximum Gasteiger partial charge on any atom is 0.410 e. The maximum atomic E-state index is 12.6. The zero-order valence-corrected chi connectivity index (χ0v) is 14.3. The number of nitrogens with zero attached hydrogens (tertiary/aromatic N) is 6. The monoisotopic (exact) mass is 344 g/mol. The van der Waals surface area contributed by atoms with Gasteiger partial charge in [0.15, 0.2) is 0 Å². The van der Waals surface area contributed by atoms with Gasteiger partial charge in [-0.3, -0.25) is 9.69 Å². The van der Waals surface area contributed by atoms with Crippen molar-refractivity contribution in [3.05, 3.63) is 23.3 Å². The van der Waals surface area contributed by atoms with Gasteiger partial charge >= 0.3 is 6.09 Å². The van der Waals surface area contributed by atoms with E-state index in [1.54, 1.807) is 9.42 Å². The fourth-order valence-corrected chi connectivity index (χ4v) is 3.62. The molecule has 9 nitrogen and oxygen atoms in total. The first kappa shape index (κ1) is 15.8. The Morgan fingerprint density at radius 3 is 3.04 bits per heavy atom. The van der Waals surface area contributed by atoms with E-state index in [1.807, 2.05) is 18.7 Å². The van der Waals surface area contributed by atoms with E-state index in [9.17, 15) is 9.59 Å². The molecule has 2 aliphatic rings. The van der Waals surface area contributed by atoms with Gasteiger partial charge in [0, 0.05) is 37.4 Å². The molecule has 9 heteroatoms. The third kappa shape index (κ3) is 2.69. The Morgan fingerprint density at radius 2 is 2.20 bits per heavy atom. The Morgan fingerprint density at radius 1 is 1.36 bits per heavy atom. The highest BCUT2D eigenvalue weighted by Crippen LogP contribution is 2.20. The molecule has 2 fully saturated rings. The van der Waals surface area contributed by atoms with E-state index in [0.29, 0.717) is 44.9 Å². The molecule has 2 aromatic heterocycles. The molecule has 0 aliphatic carbocycles. The lowest BCUT2D eigenvalue weighted by Gasteiger charge is -2.35. The summed E-state index contributed by atoms with van der Waals surface area (Å²) in [5.74, 6) is 0.670. The molecule has 0 aromatic carbocycles. The molecular weight excluding hydrogens is 324 g/mol. The van der Waals surface area contributed by atoms with Gasteiger partial charge in [-0.25, -0.2) is 14.3 Å². The van der Waals surface area contributed by atoms with Crippen LogP contribution in [0, 0.1) is 13.8 Å². The van der Waals surface area contributed by atoms with E-state index in [4.69, 9.17) is 4.74 Å². The number of rotatable bonds is 3. The largest absolute Gasteiger partial charge is 0.447 e. The van der Waals surface area contributed by atoms with Crippen LogP contribution in [0.2, 0.25) is 0 Å². The van der Waals surface area contributed by atoms with Gasteiger partial charge in [-0.1, -0.05) is 0 Å². The van der Waals surface area contributed by atoms with Gasteiger partial charge in [0.25, 0.3) is 5.78 Å². The fourth-order valence-electron chi connectivity index (χ4n) is 3.62. The predicted molar refractivity (Wildman–Crippen MR) is 87.0 cm³/mol. The highest BCUT2D eigenvalue weighted by Gasteiger charge is 2.38. The summed E-state index contributed by atoms with van der Waals surface area (Å²) in [7, 11) is 0. The summed E-state index contributed by atoms with van der Waals surface area (Å²) in [6.45, 7) is 5.91. The first-order valence-electron chi connectivity index (χ1n) is 8.41. The zero-order chi connectivity index (χ0) is 17.6. The van der Waals surface area contributed by atoms with Crippen molar-refractivity contribution in [2.24, 2.45) is 0 Å². The van der Waals surface area contributed by atoms with Gasteiger partial charge in [0.2, 0.25) is 5.91 Å². The van der Waals surface area contributed by atoms with Gasteiger partial charge < -0.3 is 9.64 Å². The van der Waals surface area contributed by atoms with Gasteiger partial charge in [-0.05, 0) is 25.8 Å². The van der Waals surface area contributed by atoms with Crippen LogP contribution in [0.25, 0.3) is 5.78 Å². The third-order valence-electron chi connectivity index (χ3n) is 5.05. The van der Waals surface area contributed by atoms with Crippen LogP contribution in [0.4, 0.5) is 4.79 Å². The molecule has 4 heterocycles. The minimum atomic E-state index is -0.268. The Kier molecular flexibility index (Phi) is 3.78. The normalized spacial score (nSPS) is 20.1. The second kappa shape index (κ2) is 5.98. The van der Waals surface area contributed by atoms with Crippen LogP contribution in [0.3, 0.4) is 0 Å². The first-order chi connectivity index (χ1) is 12.0. The average molecular weight is 344 g/mol. The quantitative estimate of drug-likeness (QED) is 0.797. The summed E-state index contributed by atoms with van der Waals surface area (Å²) in [4.78, 5) is 36.2. The summed E-state index contributed by atoms with van der Waals surface area (Å²) in [6.07, 6.45) is 2.23. The van der Waals surface area contributed by atoms with Crippen LogP contribution in [0.15, 0.2) is 6.33 Å². The van der Waals surface area contributed by atoms with Crippen LogP contribution in [0.5, 0.6) is 0 Å². The molecule has 0 N–H and O–H groups in total. The number of aromatic nitrogens is 4. The van der Waals surface area contributed by atoms with E-state index < -0.39 is 0 Å². The number of hydrogen-bond donors (Lipinski definition) is 0. The highest BCUT2D eigenvalue weighted by molar-refractivity contribution is 5.77. The van der Waals surface area contributed by atoms with Crippen LogP contribution < -0.4 is 0 Å². The minimum absolute atomic E-state index is 0.0122. The fraction of sp³-hybridized carbons (Fsp3) is 0.562. The lowest BCUT2D eigenvalue weighted by atomic mass is 10.1. The lowest BCUT2D eigenvalue weighted by Crippen LogP contribution is -2.53. The van der Waals surface area contributed by atoms with Crippen molar-refractivity contribution in [2.45, 2.75) is 32.7 Å². The maximum absolute atomic E-state index is 12.6. The van der Waals surface area contributed by atoms with Gasteiger partial charge in [0.05, 0.1) is 6.04 Å². The summed E-state index contributed by atoms with van der Waals surface area (Å²) in [5, 5.41) is 4.18. The van der Waals surface area contributed by atoms with Gasteiger partial charge in [-0.2, -0.15) is 10.1 Å². The Bertz CT molecular complexity index is 848. The molecule has 0 bridgehead atoms. The third-order valence-corrected chi connectivity index (χ3v) is 5.05. The number of carbonyl (C=O) groups is 2. The topological polar surface area (TPSA) is 92.9 Å². The summed E-state index contributed by atoms with van der Waals surface area (Å²) in [6, 6.07) is -0.0122. The first-order valence-corrected chi connectivity index (χ1v) is 8.41. The minimum Gasteiger partial charge on any atom is -0.447 e. The number of hydrogen-bond acceptors (Lipinski definition) is 6. The number of fused-ring (bicyclic) bond motifs is 2. The molecule has 2 amide bonds. The van der Waals surface area contributed by atoms with Crippen molar-refractivity contribution in [1.82, 2.24) is 29.4 Å². The molecule has 0 radical (unpaired) electrons. The molecule has 0 unspecified atom stereocenters. The molecule has 2 aromatic rings. The number of ether oxygens (including phenoxy) is 1. The van der Waals surface area contributed by atoms with Crippen molar-refractivity contribution in [1.29, 1.82) is 0 Å². The Balaban J connectivity index is 1.43. The van der Waals surface area contributed by atoms with Crippen LogP contribution in [-0.2, 0) is 16.0 Å². The average Bonchev–Trinajstić information content (AvgIpc) is 3.21. The number of piperazine rings is 1. The SMILES string of the molecule is Cc1nc2ncnn2c(C)c1CCC(=O)N1CCN2C(=O)OC[C@H]2C1. The highest BCUT2D eigenvalue weighted by atomic mass is 16.6. The van der Waals surface area contributed by atoms with Crippen LogP contribution in [-0.4, -0.2) is 73.7 Å². The summed E-state index contributed by atoms with van der Waals surface area (Å²) in [5.41, 5.74) is 2.88. The standard InChI is InChI=1S/C16H20N6O3/c1-10-13(11(2)22-15(19-10)17-9-18-22)3-4-14(23)20-5-6-21-12(7-20)8-25-16(21)24/h9,12H,3-8H2,1-2H3/t12-/m1/s1. The molecular formula is C16H20N6O3. The zero-order valence-electron chi connectivity index (χ0n) is 14.3. The summed E-state index contributed by atoms with van der Waals surface area (Å²) < 4.78 is 6.75. The molecule has 2 aliphatic heterocycles. The van der Waals surface area contributed by atoms with Gasteiger partial charge in [-0.15, -0.1) is 0 Å². The van der Waals surface area contributed by atoms with Gasteiger partial charge in [0.1, 0.15) is 12.9 Å². The lowest BCUT2D eigenvalue weighted by molar-refractivity contribution is -0.133. The smallest absolute Gasteiger partial charge is 0.410 e. The molecule has 4 rings (SSSR count). The van der Waals surface area contributed by atoms with Crippen molar-refractivity contribution >= 4 is 17.8 Å². The van der Waals surface area contributed by atoms with Crippen molar-refractivity contribution in [3.8, 4) is 0 Å². The number of cyclic esters (lactones) is 1. The molecule has 0 saturated carbocycles. The second-order valence-corrected chi connectivity index (χ2v) is 6.50. The van der Waals surface area contributed by atoms with E-state index in [2.05, 4.69) is 15.1 Å².